The first-order valence-corrected chi connectivity index (χ1v) is 7.27. The van der Waals surface area contributed by atoms with Crippen LogP contribution in [0.5, 0.6) is 5.75 Å². The van der Waals surface area contributed by atoms with Gasteiger partial charge in [0.25, 0.3) is 0 Å². The van der Waals surface area contributed by atoms with Crippen LogP contribution in [0.1, 0.15) is 18.4 Å². The summed E-state index contributed by atoms with van der Waals surface area (Å²) in [6.45, 7) is 2.81. The molecule has 4 nitrogen and oxygen atoms in total. The summed E-state index contributed by atoms with van der Waals surface area (Å²) in [6, 6.07) is 5.83. The normalized spacial score (nSPS) is 18.1. The van der Waals surface area contributed by atoms with Gasteiger partial charge in [-0.2, -0.15) is 0 Å². The molecule has 3 N–H and O–H groups in total. The first-order valence-electron chi connectivity index (χ1n) is 6.47. The molecule has 1 aliphatic rings. The smallest absolute Gasteiger partial charge is 0.133 e. The molecule has 1 atom stereocenters. The SMILES string of the molecule is Cc1ccc(OCC(O)CNC2(CO)CC2)c(Br)c1. The first kappa shape index (κ1) is 14.8. The van der Waals surface area contributed by atoms with Gasteiger partial charge in [-0.05, 0) is 53.4 Å². The molecule has 0 heterocycles. The predicted molar refractivity (Wildman–Crippen MR) is 77.4 cm³/mol. The molecule has 1 fully saturated rings. The molecule has 0 aliphatic heterocycles. The third kappa shape index (κ3) is 4.18. The highest BCUT2D eigenvalue weighted by Crippen LogP contribution is 2.34. The summed E-state index contributed by atoms with van der Waals surface area (Å²) in [7, 11) is 0. The maximum Gasteiger partial charge on any atom is 0.133 e. The second-order valence-corrected chi connectivity index (χ2v) is 6.07. The molecule has 19 heavy (non-hydrogen) atoms. The molecule has 5 heteroatoms. The average Bonchev–Trinajstić information content (AvgIpc) is 3.16. The Morgan fingerprint density at radius 2 is 2.21 bits per heavy atom. The number of aliphatic hydroxyl groups is 2. The van der Waals surface area contributed by atoms with E-state index in [1.54, 1.807) is 0 Å². The lowest BCUT2D eigenvalue weighted by Gasteiger charge is -2.18. The Bertz CT molecular complexity index is 435. The maximum atomic E-state index is 9.86. The average molecular weight is 330 g/mol. The summed E-state index contributed by atoms with van der Waals surface area (Å²) in [6.07, 6.45) is 1.36. The van der Waals surface area contributed by atoms with Crippen molar-refractivity contribution in [1.82, 2.24) is 5.32 Å². The van der Waals surface area contributed by atoms with E-state index in [1.165, 1.54) is 0 Å². The molecule has 0 saturated heterocycles. The Kier molecular flexibility index (Phi) is 4.84. The third-order valence-electron chi connectivity index (χ3n) is 3.39. The van der Waals surface area contributed by atoms with E-state index in [4.69, 9.17) is 9.84 Å². The summed E-state index contributed by atoms with van der Waals surface area (Å²) >= 11 is 3.43. The van der Waals surface area contributed by atoms with E-state index in [1.807, 2.05) is 25.1 Å². The van der Waals surface area contributed by atoms with Crippen molar-refractivity contribution in [2.24, 2.45) is 0 Å². The number of hydrogen-bond acceptors (Lipinski definition) is 4. The fourth-order valence-corrected chi connectivity index (χ4v) is 2.45. The van der Waals surface area contributed by atoms with Gasteiger partial charge in [-0.1, -0.05) is 6.07 Å². The van der Waals surface area contributed by atoms with Crippen LogP contribution in [0.3, 0.4) is 0 Å². The van der Waals surface area contributed by atoms with Gasteiger partial charge in [0.05, 0.1) is 11.1 Å². The molecule has 2 rings (SSSR count). The van der Waals surface area contributed by atoms with E-state index >= 15 is 0 Å². The molecule has 1 saturated carbocycles. The zero-order valence-corrected chi connectivity index (χ0v) is 12.6. The monoisotopic (exact) mass is 329 g/mol. The van der Waals surface area contributed by atoms with Crippen molar-refractivity contribution >= 4 is 15.9 Å². The van der Waals surface area contributed by atoms with Crippen molar-refractivity contribution < 1.29 is 14.9 Å². The van der Waals surface area contributed by atoms with Crippen LogP contribution in [0.4, 0.5) is 0 Å². The quantitative estimate of drug-likeness (QED) is 0.711. The fraction of sp³-hybridized carbons (Fsp3) is 0.571. The van der Waals surface area contributed by atoms with Gasteiger partial charge in [0.1, 0.15) is 18.5 Å². The van der Waals surface area contributed by atoms with Crippen molar-refractivity contribution in [2.75, 3.05) is 19.8 Å². The van der Waals surface area contributed by atoms with Crippen LogP contribution >= 0.6 is 15.9 Å². The first-order chi connectivity index (χ1) is 9.04. The topological polar surface area (TPSA) is 61.7 Å². The number of aryl methyl sites for hydroxylation is 1. The van der Waals surface area contributed by atoms with Crippen LogP contribution in [0.15, 0.2) is 22.7 Å². The largest absolute Gasteiger partial charge is 0.490 e. The second kappa shape index (κ2) is 6.22. The molecule has 0 aromatic heterocycles. The number of β-amino-alcohol motifs (C(OH)–C–C–N with tert-alkyl or cyclic N) is 1. The minimum absolute atomic E-state index is 0.129. The number of aliphatic hydroxyl groups excluding tert-OH is 2. The summed E-state index contributed by atoms with van der Waals surface area (Å²) in [5, 5.41) is 22.2. The van der Waals surface area contributed by atoms with Crippen LogP contribution in [0.2, 0.25) is 0 Å². The summed E-state index contributed by atoms with van der Waals surface area (Å²) in [5.74, 6) is 0.730. The van der Waals surface area contributed by atoms with E-state index in [2.05, 4.69) is 21.2 Å². The molecule has 0 bridgehead atoms. The van der Waals surface area contributed by atoms with E-state index in [-0.39, 0.29) is 18.8 Å². The Balaban J connectivity index is 1.75. The number of benzene rings is 1. The Morgan fingerprint density at radius 1 is 1.47 bits per heavy atom. The van der Waals surface area contributed by atoms with Crippen molar-refractivity contribution in [1.29, 1.82) is 0 Å². The van der Waals surface area contributed by atoms with E-state index in [9.17, 15) is 5.11 Å². The van der Waals surface area contributed by atoms with Crippen LogP contribution in [-0.4, -0.2) is 41.6 Å². The molecule has 106 valence electrons. The highest BCUT2D eigenvalue weighted by molar-refractivity contribution is 9.10. The number of rotatable bonds is 7. The minimum Gasteiger partial charge on any atom is -0.490 e. The maximum absolute atomic E-state index is 9.86. The van der Waals surface area contributed by atoms with E-state index in [0.717, 1.165) is 28.6 Å². The van der Waals surface area contributed by atoms with Gasteiger partial charge in [-0.25, -0.2) is 0 Å². The highest BCUT2D eigenvalue weighted by atomic mass is 79.9. The lowest BCUT2D eigenvalue weighted by atomic mass is 10.2. The van der Waals surface area contributed by atoms with Crippen molar-refractivity contribution in [3.8, 4) is 5.75 Å². The number of nitrogens with one attached hydrogen (secondary N) is 1. The summed E-state index contributed by atoms with van der Waals surface area (Å²) in [4.78, 5) is 0. The van der Waals surface area contributed by atoms with Crippen LogP contribution in [-0.2, 0) is 0 Å². The Hall–Kier alpha value is -0.620. The van der Waals surface area contributed by atoms with Gasteiger partial charge in [0.2, 0.25) is 0 Å². The molecule has 1 aliphatic carbocycles. The molecule has 1 aromatic carbocycles. The summed E-state index contributed by atoms with van der Waals surface area (Å²) in [5.41, 5.74) is 1.01. The van der Waals surface area contributed by atoms with Crippen LogP contribution in [0.25, 0.3) is 0 Å². The molecule has 0 radical (unpaired) electrons. The Morgan fingerprint density at radius 3 is 2.79 bits per heavy atom. The third-order valence-corrected chi connectivity index (χ3v) is 4.01. The zero-order chi connectivity index (χ0) is 13.9. The van der Waals surface area contributed by atoms with Gasteiger partial charge in [0, 0.05) is 12.1 Å². The Labute approximate surface area is 121 Å². The van der Waals surface area contributed by atoms with E-state index < -0.39 is 6.10 Å². The molecule has 0 spiro atoms. The van der Waals surface area contributed by atoms with Gasteiger partial charge in [-0.3, -0.25) is 0 Å². The molecule has 1 unspecified atom stereocenters. The molecule has 1 aromatic rings. The number of ether oxygens (including phenoxy) is 1. The van der Waals surface area contributed by atoms with Crippen molar-refractivity contribution in [2.45, 2.75) is 31.4 Å². The lowest BCUT2D eigenvalue weighted by molar-refractivity contribution is 0.0975. The van der Waals surface area contributed by atoms with E-state index in [0.29, 0.717) is 6.54 Å². The van der Waals surface area contributed by atoms with Crippen molar-refractivity contribution in [3.05, 3.63) is 28.2 Å². The summed E-state index contributed by atoms with van der Waals surface area (Å²) < 4.78 is 6.46. The lowest BCUT2D eigenvalue weighted by Crippen LogP contribution is -2.41. The molecule has 0 amide bonds. The number of hydrogen-bond donors (Lipinski definition) is 3. The van der Waals surface area contributed by atoms with Gasteiger partial charge in [0.15, 0.2) is 0 Å². The predicted octanol–water partition coefficient (Wildman–Crippen LogP) is 1.61. The van der Waals surface area contributed by atoms with Crippen molar-refractivity contribution in [3.63, 3.8) is 0 Å². The zero-order valence-electron chi connectivity index (χ0n) is 11.0. The van der Waals surface area contributed by atoms with Gasteiger partial charge >= 0.3 is 0 Å². The molecular weight excluding hydrogens is 310 g/mol. The highest BCUT2D eigenvalue weighted by Gasteiger charge is 2.41. The molecular formula is C14H20BrNO3. The number of halogens is 1. The fourth-order valence-electron chi connectivity index (χ4n) is 1.84. The van der Waals surface area contributed by atoms with Gasteiger partial charge < -0.3 is 20.3 Å². The van der Waals surface area contributed by atoms with Crippen LogP contribution in [0, 0.1) is 6.92 Å². The minimum atomic E-state index is -0.586. The standard InChI is InChI=1S/C14H20BrNO3/c1-10-2-3-13(12(15)6-10)19-8-11(18)7-16-14(9-17)4-5-14/h2-3,6,11,16-18H,4-5,7-9H2,1H3. The van der Waals surface area contributed by atoms with Gasteiger partial charge in [-0.15, -0.1) is 0 Å². The van der Waals surface area contributed by atoms with Crippen LogP contribution < -0.4 is 10.1 Å². The second-order valence-electron chi connectivity index (χ2n) is 5.22.